The van der Waals surface area contributed by atoms with Gasteiger partial charge in [-0.1, -0.05) is 0 Å². The van der Waals surface area contributed by atoms with Gasteiger partial charge in [-0.2, -0.15) is 0 Å². The van der Waals surface area contributed by atoms with Crippen LogP contribution in [0.3, 0.4) is 0 Å². The first kappa shape index (κ1) is 26.4. The van der Waals surface area contributed by atoms with Crippen LogP contribution < -0.4 is 10.2 Å². The van der Waals surface area contributed by atoms with Crippen LogP contribution in [0, 0.1) is 0 Å². The summed E-state index contributed by atoms with van der Waals surface area (Å²) in [5, 5.41) is 2.69. The molecule has 0 saturated carbocycles. The monoisotopic (exact) mass is 462 g/mol. The van der Waals surface area contributed by atoms with Gasteiger partial charge in [0, 0.05) is 50.9 Å². The van der Waals surface area contributed by atoms with E-state index in [1.165, 1.54) is 0 Å². The molecule has 0 aromatic carbocycles. The standard InChI is InChI=1S/C24H38N4O5/c1-23(2,3)32-21(30)25-12-8-7-9-19(29)18-10-11-20(26-17-18)27-13-15-28(16-14-27)22(31)33-24(4,5)6/h10-11,17H,7-9,12-16H2,1-6H3,(H,25,30). The molecule has 184 valence electrons. The molecule has 2 rings (SSSR count). The van der Waals surface area contributed by atoms with Crippen molar-refractivity contribution in [3.63, 3.8) is 0 Å². The van der Waals surface area contributed by atoms with Crippen LogP contribution in [0.4, 0.5) is 15.4 Å². The molecule has 1 aromatic heterocycles. The molecule has 33 heavy (non-hydrogen) atoms. The average Bonchev–Trinajstić information content (AvgIpc) is 2.71. The largest absolute Gasteiger partial charge is 0.444 e. The smallest absolute Gasteiger partial charge is 0.410 e. The number of unbranched alkanes of at least 4 members (excludes halogenated alkanes) is 1. The molecule has 0 aliphatic carbocycles. The van der Waals surface area contributed by atoms with Gasteiger partial charge >= 0.3 is 12.2 Å². The molecule has 2 amide bonds. The number of anilines is 1. The zero-order chi connectivity index (χ0) is 24.6. The second kappa shape index (κ2) is 11.3. The van der Waals surface area contributed by atoms with Gasteiger partial charge in [-0.25, -0.2) is 14.6 Å². The van der Waals surface area contributed by atoms with Crippen molar-refractivity contribution in [1.29, 1.82) is 0 Å². The highest BCUT2D eigenvalue weighted by molar-refractivity contribution is 5.95. The number of Topliss-reactive ketones (excluding diaryl/α,β-unsaturated/α-hetero) is 1. The molecule has 2 heterocycles. The average molecular weight is 463 g/mol. The van der Waals surface area contributed by atoms with Crippen LogP contribution in [0.15, 0.2) is 18.3 Å². The van der Waals surface area contributed by atoms with Crippen LogP contribution >= 0.6 is 0 Å². The summed E-state index contributed by atoms with van der Waals surface area (Å²) >= 11 is 0. The number of piperazine rings is 1. The summed E-state index contributed by atoms with van der Waals surface area (Å²) < 4.78 is 10.6. The number of ketones is 1. The Balaban J connectivity index is 1.71. The lowest BCUT2D eigenvalue weighted by atomic mass is 10.1. The van der Waals surface area contributed by atoms with E-state index in [9.17, 15) is 14.4 Å². The fourth-order valence-electron chi connectivity index (χ4n) is 3.24. The Hall–Kier alpha value is -2.84. The number of hydrogen-bond donors (Lipinski definition) is 1. The van der Waals surface area contributed by atoms with E-state index in [-0.39, 0.29) is 11.9 Å². The van der Waals surface area contributed by atoms with E-state index >= 15 is 0 Å². The van der Waals surface area contributed by atoms with Crippen molar-refractivity contribution in [2.45, 2.75) is 72.0 Å². The summed E-state index contributed by atoms with van der Waals surface area (Å²) in [5.41, 5.74) is -0.455. The molecule has 9 heteroatoms. The van der Waals surface area contributed by atoms with Crippen LogP contribution in [0.1, 0.15) is 71.2 Å². The van der Waals surface area contributed by atoms with E-state index in [2.05, 4.69) is 15.2 Å². The maximum atomic E-state index is 12.4. The fourth-order valence-corrected chi connectivity index (χ4v) is 3.24. The van der Waals surface area contributed by atoms with Gasteiger partial charge in [0.2, 0.25) is 0 Å². The molecule has 9 nitrogen and oxygen atoms in total. The Morgan fingerprint density at radius 3 is 2.12 bits per heavy atom. The Morgan fingerprint density at radius 1 is 0.939 bits per heavy atom. The number of nitrogens with one attached hydrogen (secondary N) is 1. The molecule has 1 saturated heterocycles. The number of amides is 2. The zero-order valence-electron chi connectivity index (χ0n) is 20.8. The summed E-state index contributed by atoms with van der Waals surface area (Å²) in [6, 6.07) is 3.64. The quantitative estimate of drug-likeness (QED) is 0.482. The zero-order valence-corrected chi connectivity index (χ0v) is 20.8. The molecular formula is C24H38N4O5. The van der Waals surface area contributed by atoms with Crippen molar-refractivity contribution >= 4 is 23.8 Å². The Kier molecular flexibility index (Phi) is 9.07. The third kappa shape index (κ3) is 9.67. The highest BCUT2D eigenvalue weighted by atomic mass is 16.6. The van der Waals surface area contributed by atoms with Gasteiger partial charge in [0.25, 0.3) is 0 Å². The first-order valence-corrected chi connectivity index (χ1v) is 11.5. The number of aromatic nitrogens is 1. The van der Waals surface area contributed by atoms with E-state index in [4.69, 9.17) is 9.47 Å². The third-order valence-corrected chi connectivity index (χ3v) is 4.82. The van der Waals surface area contributed by atoms with Crippen molar-refractivity contribution in [2.24, 2.45) is 0 Å². The number of carbonyl (C=O) groups excluding carboxylic acids is 3. The SMILES string of the molecule is CC(C)(C)OC(=O)NCCCCC(=O)c1ccc(N2CCN(C(=O)OC(C)(C)C)CC2)nc1. The topological polar surface area (TPSA) is 101 Å². The minimum atomic E-state index is -0.523. The number of alkyl carbamates (subject to hydrolysis) is 1. The van der Waals surface area contributed by atoms with Crippen LogP contribution in [-0.2, 0) is 9.47 Å². The predicted molar refractivity (Wildman–Crippen MR) is 127 cm³/mol. The van der Waals surface area contributed by atoms with Gasteiger partial charge in [0.1, 0.15) is 17.0 Å². The van der Waals surface area contributed by atoms with E-state index in [0.29, 0.717) is 57.5 Å². The molecule has 1 aliphatic rings. The maximum Gasteiger partial charge on any atom is 0.410 e. The fraction of sp³-hybridized carbons (Fsp3) is 0.667. The van der Waals surface area contributed by atoms with E-state index in [1.807, 2.05) is 47.6 Å². The molecule has 0 unspecified atom stereocenters. The summed E-state index contributed by atoms with van der Waals surface area (Å²) in [6.07, 6.45) is 2.63. The molecule has 1 fully saturated rings. The summed E-state index contributed by atoms with van der Waals surface area (Å²) in [6.45, 7) is 13.9. The Morgan fingerprint density at radius 2 is 1.58 bits per heavy atom. The number of hydrogen-bond acceptors (Lipinski definition) is 7. The summed E-state index contributed by atoms with van der Waals surface area (Å²) in [7, 11) is 0. The molecule has 0 spiro atoms. The van der Waals surface area contributed by atoms with Gasteiger partial charge in [-0.3, -0.25) is 4.79 Å². The number of pyridine rings is 1. The third-order valence-electron chi connectivity index (χ3n) is 4.82. The Labute approximate surface area is 196 Å². The van der Waals surface area contributed by atoms with E-state index in [1.54, 1.807) is 17.2 Å². The van der Waals surface area contributed by atoms with Crippen molar-refractivity contribution in [1.82, 2.24) is 15.2 Å². The van der Waals surface area contributed by atoms with Crippen molar-refractivity contribution in [3.8, 4) is 0 Å². The van der Waals surface area contributed by atoms with Gasteiger partial charge < -0.3 is 24.6 Å². The molecule has 1 aromatic rings. The van der Waals surface area contributed by atoms with Crippen LogP contribution in [0.25, 0.3) is 0 Å². The van der Waals surface area contributed by atoms with Gasteiger partial charge in [-0.05, 0) is 66.5 Å². The second-order valence-electron chi connectivity index (χ2n) is 10.2. The minimum Gasteiger partial charge on any atom is -0.444 e. The Bertz CT molecular complexity index is 804. The van der Waals surface area contributed by atoms with Crippen LogP contribution in [0.5, 0.6) is 0 Å². The van der Waals surface area contributed by atoms with Gasteiger partial charge in [0.05, 0.1) is 0 Å². The lowest BCUT2D eigenvalue weighted by molar-refractivity contribution is 0.0240. The molecular weight excluding hydrogens is 424 g/mol. The molecule has 1 N–H and O–H groups in total. The number of ether oxygens (including phenoxy) is 2. The number of nitrogens with zero attached hydrogens (tertiary/aromatic N) is 3. The normalized spacial score (nSPS) is 14.6. The highest BCUT2D eigenvalue weighted by Crippen LogP contribution is 2.17. The van der Waals surface area contributed by atoms with E-state index < -0.39 is 17.3 Å². The minimum absolute atomic E-state index is 0.0288. The number of carbonyl (C=O) groups is 3. The second-order valence-corrected chi connectivity index (χ2v) is 10.2. The molecule has 0 radical (unpaired) electrons. The lowest BCUT2D eigenvalue weighted by Gasteiger charge is -2.36. The summed E-state index contributed by atoms with van der Waals surface area (Å²) in [5.74, 6) is 0.818. The first-order valence-electron chi connectivity index (χ1n) is 11.5. The molecule has 0 bridgehead atoms. The van der Waals surface area contributed by atoms with Crippen molar-refractivity contribution in [2.75, 3.05) is 37.6 Å². The van der Waals surface area contributed by atoms with Crippen molar-refractivity contribution < 1.29 is 23.9 Å². The van der Waals surface area contributed by atoms with Gasteiger partial charge in [-0.15, -0.1) is 0 Å². The molecule has 1 aliphatic heterocycles. The highest BCUT2D eigenvalue weighted by Gasteiger charge is 2.26. The number of rotatable bonds is 7. The van der Waals surface area contributed by atoms with Crippen molar-refractivity contribution in [3.05, 3.63) is 23.9 Å². The van der Waals surface area contributed by atoms with Crippen LogP contribution in [-0.4, -0.2) is 71.8 Å². The molecule has 0 atom stereocenters. The summed E-state index contributed by atoms with van der Waals surface area (Å²) in [4.78, 5) is 44.5. The van der Waals surface area contributed by atoms with Crippen LogP contribution in [0.2, 0.25) is 0 Å². The maximum absolute atomic E-state index is 12.4. The van der Waals surface area contributed by atoms with Gasteiger partial charge in [0.15, 0.2) is 5.78 Å². The van der Waals surface area contributed by atoms with E-state index in [0.717, 1.165) is 5.82 Å². The first-order chi connectivity index (χ1) is 15.3. The lowest BCUT2D eigenvalue weighted by Crippen LogP contribution is -2.50. The predicted octanol–water partition coefficient (Wildman–Crippen LogP) is 4.02.